The number of rotatable bonds is 8. The summed E-state index contributed by atoms with van der Waals surface area (Å²) in [6, 6.07) is 10.9. The van der Waals surface area contributed by atoms with Crippen molar-refractivity contribution in [3.05, 3.63) is 59.8 Å². The largest absolute Gasteiger partial charge is 0.469 e. The van der Waals surface area contributed by atoms with Crippen LogP contribution in [-0.2, 0) is 12.8 Å². The topological polar surface area (TPSA) is 25.2 Å². The molecule has 0 fully saturated rings. The molecule has 1 atom stereocenters. The van der Waals surface area contributed by atoms with E-state index in [1.54, 1.807) is 12.3 Å². The molecule has 0 radical (unpaired) electrons. The Hall–Kier alpha value is -1.61. The van der Waals surface area contributed by atoms with Crippen LogP contribution in [0.5, 0.6) is 0 Å². The van der Waals surface area contributed by atoms with Gasteiger partial charge in [0.25, 0.3) is 0 Å². The molecule has 20 heavy (non-hydrogen) atoms. The minimum Gasteiger partial charge on any atom is -0.469 e. The van der Waals surface area contributed by atoms with Gasteiger partial charge in [-0.25, -0.2) is 4.39 Å². The van der Waals surface area contributed by atoms with Crippen molar-refractivity contribution < 1.29 is 8.81 Å². The third-order valence-electron chi connectivity index (χ3n) is 3.40. The molecule has 3 heteroatoms. The molecule has 0 aliphatic rings. The van der Waals surface area contributed by atoms with E-state index >= 15 is 0 Å². The van der Waals surface area contributed by atoms with Crippen molar-refractivity contribution in [2.24, 2.45) is 5.92 Å². The molecule has 0 spiro atoms. The minimum absolute atomic E-state index is 0.118. The summed E-state index contributed by atoms with van der Waals surface area (Å²) >= 11 is 0. The van der Waals surface area contributed by atoms with Crippen LogP contribution in [0.15, 0.2) is 47.1 Å². The van der Waals surface area contributed by atoms with E-state index in [9.17, 15) is 4.39 Å². The Morgan fingerprint density at radius 3 is 2.70 bits per heavy atom. The first-order chi connectivity index (χ1) is 9.79. The summed E-state index contributed by atoms with van der Waals surface area (Å²) in [4.78, 5) is 0. The predicted octanol–water partition coefficient (Wildman–Crippen LogP) is 3.82. The number of hydrogen-bond acceptors (Lipinski definition) is 2. The first-order valence-corrected chi connectivity index (χ1v) is 7.26. The highest BCUT2D eigenvalue weighted by Gasteiger charge is 2.14. The van der Waals surface area contributed by atoms with Crippen molar-refractivity contribution in [1.82, 2.24) is 5.32 Å². The molecule has 0 saturated carbocycles. The molecule has 2 rings (SSSR count). The Balaban J connectivity index is 1.99. The standard InChI is InChI=1S/C17H22FNO/c1-2-9-19-13-14(12-16-7-5-10-20-16)11-15-6-3-4-8-17(15)18/h3-8,10,14,19H,2,9,11-13H2,1H3. The van der Waals surface area contributed by atoms with Gasteiger partial charge in [0.1, 0.15) is 11.6 Å². The van der Waals surface area contributed by atoms with Crippen molar-refractivity contribution in [3.63, 3.8) is 0 Å². The molecule has 108 valence electrons. The predicted molar refractivity (Wildman–Crippen MR) is 79.2 cm³/mol. The highest BCUT2D eigenvalue weighted by molar-refractivity contribution is 5.18. The second-order valence-corrected chi connectivity index (χ2v) is 5.15. The summed E-state index contributed by atoms with van der Waals surface area (Å²) in [5.74, 6) is 1.18. The summed E-state index contributed by atoms with van der Waals surface area (Å²) in [6.07, 6.45) is 4.35. The fraction of sp³-hybridized carbons (Fsp3) is 0.412. The highest BCUT2D eigenvalue weighted by Crippen LogP contribution is 2.17. The summed E-state index contributed by atoms with van der Waals surface area (Å²) in [5.41, 5.74) is 0.780. The second-order valence-electron chi connectivity index (χ2n) is 5.15. The van der Waals surface area contributed by atoms with E-state index in [1.807, 2.05) is 24.3 Å². The molecule has 0 amide bonds. The normalized spacial score (nSPS) is 12.5. The number of halogens is 1. The molecule has 1 unspecified atom stereocenters. The number of benzene rings is 1. The van der Waals surface area contributed by atoms with Crippen LogP contribution in [0.1, 0.15) is 24.7 Å². The van der Waals surface area contributed by atoms with Gasteiger partial charge in [0, 0.05) is 6.42 Å². The van der Waals surface area contributed by atoms with Gasteiger partial charge in [-0.1, -0.05) is 25.1 Å². The van der Waals surface area contributed by atoms with Gasteiger partial charge in [-0.15, -0.1) is 0 Å². The summed E-state index contributed by atoms with van der Waals surface area (Å²) in [6.45, 7) is 4.01. The van der Waals surface area contributed by atoms with Crippen LogP contribution < -0.4 is 5.32 Å². The summed E-state index contributed by atoms with van der Waals surface area (Å²) in [5, 5.41) is 3.42. The molecule has 1 aromatic carbocycles. The SMILES string of the molecule is CCCNCC(Cc1ccco1)Cc1ccccc1F. The lowest BCUT2D eigenvalue weighted by Gasteiger charge is -2.17. The van der Waals surface area contributed by atoms with E-state index in [0.29, 0.717) is 5.92 Å². The highest BCUT2D eigenvalue weighted by atomic mass is 19.1. The Kier molecular flexibility index (Phi) is 5.81. The van der Waals surface area contributed by atoms with E-state index in [4.69, 9.17) is 4.42 Å². The molecule has 0 aliphatic carbocycles. The molecule has 0 aliphatic heterocycles. The van der Waals surface area contributed by atoms with E-state index in [0.717, 1.165) is 43.7 Å². The van der Waals surface area contributed by atoms with Crippen molar-refractivity contribution in [1.29, 1.82) is 0 Å². The van der Waals surface area contributed by atoms with Crippen molar-refractivity contribution >= 4 is 0 Å². The van der Waals surface area contributed by atoms with Gasteiger partial charge in [-0.2, -0.15) is 0 Å². The quantitative estimate of drug-likeness (QED) is 0.741. The first kappa shape index (κ1) is 14.8. The molecule has 2 aromatic rings. The molecule has 0 bridgehead atoms. The smallest absolute Gasteiger partial charge is 0.126 e. The Morgan fingerprint density at radius 1 is 1.15 bits per heavy atom. The fourth-order valence-corrected chi connectivity index (χ4v) is 2.39. The zero-order valence-electron chi connectivity index (χ0n) is 11.9. The molecule has 0 saturated heterocycles. The van der Waals surface area contributed by atoms with Gasteiger partial charge in [0.15, 0.2) is 0 Å². The molecule has 1 aromatic heterocycles. The van der Waals surface area contributed by atoms with Crippen LogP contribution in [0.25, 0.3) is 0 Å². The zero-order chi connectivity index (χ0) is 14.2. The zero-order valence-corrected chi connectivity index (χ0v) is 11.9. The van der Waals surface area contributed by atoms with Gasteiger partial charge in [0.05, 0.1) is 6.26 Å². The Labute approximate surface area is 120 Å². The van der Waals surface area contributed by atoms with E-state index in [2.05, 4.69) is 12.2 Å². The molecular weight excluding hydrogens is 253 g/mol. The number of nitrogens with one attached hydrogen (secondary N) is 1. The lowest BCUT2D eigenvalue weighted by atomic mass is 9.94. The molecular formula is C17H22FNO. The third kappa shape index (κ3) is 4.49. The van der Waals surface area contributed by atoms with Gasteiger partial charge in [-0.3, -0.25) is 0 Å². The van der Waals surface area contributed by atoms with E-state index in [1.165, 1.54) is 6.07 Å². The Morgan fingerprint density at radius 2 is 2.00 bits per heavy atom. The summed E-state index contributed by atoms with van der Waals surface area (Å²) in [7, 11) is 0. The van der Waals surface area contributed by atoms with Crippen molar-refractivity contribution in [2.75, 3.05) is 13.1 Å². The molecule has 1 N–H and O–H groups in total. The second kappa shape index (κ2) is 7.85. The monoisotopic (exact) mass is 275 g/mol. The minimum atomic E-state index is -0.118. The maximum absolute atomic E-state index is 13.8. The first-order valence-electron chi connectivity index (χ1n) is 7.26. The Bertz CT molecular complexity index is 495. The fourth-order valence-electron chi connectivity index (χ4n) is 2.39. The van der Waals surface area contributed by atoms with Crippen LogP contribution in [0.2, 0.25) is 0 Å². The lowest BCUT2D eigenvalue weighted by molar-refractivity contribution is 0.411. The number of furan rings is 1. The maximum atomic E-state index is 13.8. The summed E-state index contributed by atoms with van der Waals surface area (Å²) < 4.78 is 19.2. The van der Waals surface area contributed by atoms with Crippen molar-refractivity contribution in [3.8, 4) is 0 Å². The lowest BCUT2D eigenvalue weighted by Crippen LogP contribution is -2.26. The van der Waals surface area contributed by atoms with Crippen LogP contribution in [0.3, 0.4) is 0 Å². The van der Waals surface area contributed by atoms with E-state index in [-0.39, 0.29) is 5.82 Å². The van der Waals surface area contributed by atoms with Crippen LogP contribution in [-0.4, -0.2) is 13.1 Å². The number of hydrogen-bond donors (Lipinski definition) is 1. The average molecular weight is 275 g/mol. The average Bonchev–Trinajstić information content (AvgIpc) is 2.94. The van der Waals surface area contributed by atoms with E-state index < -0.39 is 0 Å². The van der Waals surface area contributed by atoms with Crippen LogP contribution in [0.4, 0.5) is 4.39 Å². The maximum Gasteiger partial charge on any atom is 0.126 e. The molecule has 1 heterocycles. The van der Waals surface area contributed by atoms with Crippen LogP contribution >= 0.6 is 0 Å². The van der Waals surface area contributed by atoms with Gasteiger partial charge >= 0.3 is 0 Å². The third-order valence-corrected chi connectivity index (χ3v) is 3.40. The van der Waals surface area contributed by atoms with Crippen LogP contribution in [0, 0.1) is 11.7 Å². The molecule has 2 nitrogen and oxygen atoms in total. The van der Waals surface area contributed by atoms with Gasteiger partial charge in [-0.05, 0) is 55.6 Å². The van der Waals surface area contributed by atoms with Crippen molar-refractivity contribution in [2.45, 2.75) is 26.2 Å². The van der Waals surface area contributed by atoms with Gasteiger partial charge in [0.2, 0.25) is 0 Å². The van der Waals surface area contributed by atoms with Gasteiger partial charge < -0.3 is 9.73 Å².